The standard InChI is InChI=1S/C27H25N7O6S/c1-17-19(15-28)24-29-23(26(35)36)30-33(24)25(22(17)18-9-5-4-6-10-18)32-14-13-27(2,16-32)31(3)41(39,40)21-12-8-7-11-20(21)34(37)38/h4-12H,13-14,16H2,1-3H3,(H,35,36)/t27-/m0/s1. The Bertz CT molecular complexity index is 1870. The molecule has 210 valence electrons. The maximum absolute atomic E-state index is 13.7. The molecule has 0 spiro atoms. The minimum absolute atomic E-state index is 0.0755. The van der Waals surface area contributed by atoms with E-state index in [9.17, 15) is 33.7 Å². The van der Waals surface area contributed by atoms with Crippen molar-refractivity contribution in [2.75, 3.05) is 25.0 Å². The average Bonchev–Trinajstić information content (AvgIpc) is 3.57. The molecule has 4 aromatic rings. The summed E-state index contributed by atoms with van der Waals surface area (Å²) in [7, 11) is -2.89. The van der Waals surface area contributed by atoms with Crippen molar-refractivity contribution in [3.63, 3.8) is 0 Å². The molecule has 14 heteroatoms. The van der Waals surface area contributed by atoms with Gasteiger partial charge in [0, 0.05) is 31.8 Å². The van der Waals surface area contributed by atoms with Crippen LogP contribution in [0.2, 0.25) is 0 Å². The lowest BCUT2D eigenvalue weighted by Gasteiger charge is -2.35. The number of hydrogen-bond acceptors (Lipinski definition) is 9. The van der Waals surface area contributed by atoms with Crippen LogP contribution in [-0.4, -0.2) is 69.0 Å². The van der Waals surface area contributed by atoms with Gasteiger partial charge in [-0.05, 0) is 37.5 Å². The van der Waals surface area contributed by atoms with Gasteiger partial charge in [-0.2, -0.15) is 19.1 Å². The van der Waals surface area contributed by atoms with Crippen LogP contribution in [0.5, 0.6) is 0 Å². The number of hydrogen-bond donors (Lipinski definition) is 1. The number of nitro benzene ring substituents is 1. The first kappa shape index (κ1) is 27.7. The summed E-state index contributed by atoms with van der Waals surface area (Å²) in [6, 6.07) is 16.6. The molecule has 13 nitrogen and oxygen atoms in total. The molecule has 3 heterocycles. The van der Waals surface area contributed by atoms with Gasteiger partial charge in [0.05, 0.1) is 10.5 Å². The normalized spacial score (nSPS) is 17.2. The second-order valence-electron chi connectivity index (χ2n) is 10.0. The van der Waals surface area contributed by atoms with E-state index in [1.54, 1.807) is 13.8 Å². The number of anilines is 1. The van der Waals surface area contributed by atoms with Gasteiger partial charge in [0.2, 0.25) is 10.0 Å². The number of pyridine rings is 1. The zero-order valence-corrected chi connectivity index (χ0v) is 23.2. The summed E-state index contributed by atoms with van der Waals surface area (Å²) in [6.07, 6.45) is 0.346. The number of aromatic nitrogens is 3. The molecule has 2 aromatic carbocycles. The molecule has 41 heavy (non-hydrogen) atoms. The fraction of sp³-hybridized carbons (Fsp3) is 0.259. The number of benzene rings is 2. The Labute approximate surface area is 235 Å². The number of aromatic carboxylic acids is 1. The minimum atomic E-state index is -4.28. The maximum Gasteiger partial charge on any atom is 0.375 e. The molecule has 1 aliphatic heterocycles. The van der Waals surface area contributed by atoms with Gasteiger partial charge in [-0.25, -0.2) is 13.2 Å². The van der Waals surface area contributed by atoms with Crippen LogP contribution in [0.15, 0.2) is 59.5 Å². The van der Waals surface area contributed by atoms with Gasteiger partial charge in [0.15, 0.2) is 10.5 Å². The average molecular weight is 576 g/mol. The largest absolute Gasteiger partial charge is 0.475 e. The SMILES string of the molecule is Cc1c(-c2ccccc2)c(N2CC[C@](C)(N(C)S(=O)(=O)c3ccccc3[N+](=O)[O-])C2)n2nc(C(=O)O)nc2c1C#N. The van der Waals surface area contributed by atoms with Crippen molar-refractivity contribution in [2.24, 2.45) is 0 Å². The molecular formula is C27H25N7O6S. The van der Waals surface area contributed by atoms with E-state index in [0.717, 1.165) is 15.9 Å². The van der Waals surface area contributed by atoms with Gasteiger partial charge in [0.1, 0.15) is 17.5 Å². The smallest absolute Gasteiger partial charge is 0.375 e. The number of rotatable bonds is 7. The summed E-state index contributed by atoms with van der Waals surface area (Å²) in [6.45, 7) is 3.99. The van der Waals surface area contributed by atoms with Crippen molar-refractivity contribution >= 4 is 33.1 Å². The van der Waals surface area contributed by atoms with Crippen LogP contribution in [0.3, 0.4) is 0 Å². The second kappa shape index (κ2) is 9.95. The monoisotopic (exact) mass is 575 g/mol. The van der Waals surface area contributed by atoms with E-state index >= 15 is 0 Å². The summed E-state index contributed by atoms with van der Waals surface area (Å²) < 4.78 is 29.9. The summed E-state index contributed by atoms with van der Waals surface area (Å²) >= 11 is 0. The van der Waals surface area contributed by atoms with Crippen LogP contribution in [0.1, 0.15) is 35.1 Å². The first-order chi connectivity index (χ1) is 19.4. The summed E-state index contributed by atoms with van der Waals surface area (Å²) in [5.41, 5.74) is 0.667. The Morgan fingerprint density at radius 3 is 2.49 bits per heavy atom. The molecule has 1 atom stereocenters. The number of fused-ring (bicyclic) bond motifs is 1. The lowest BCUT2D eigenvalue weighted by molar-refractivity contribution is -0.387. The minimum Gasteiger partial charge on any atom is -0.475 e. The van der Waals surface area contributed by atoms with Gasteiger partial charge in [0.25, 0.3) is 11.5 Å². The zero-order chi connectivity index (χ0) is 29.7. The molecule has 0 radical (unpaired) electrons. The molecule has 1 fully saturated rings. The van der Waals surface area contributed by atoms with Gasteiger partial charge >= 0.3 is 5.97 Å². The highest BCUT2D eigenvalue weighted by Gasteiger charge is 2.46. The van der Waals surface area contributed by atoms with Crippen LogP contribution < -0.4 is 4.90 Å². The van der Waals surface area contributed by atoms with Crippen LogP contribution in [-0.2, 0) is 10.0 Å². The predicted octanol–water partition coefficient (Wildman–Crippen LogP) is 3.47. The Kier molecular flexibility index (Phi) is 6.72. The first-order valence-electron chi connectivity index (χ1n) is 12.5. The molecule has 1 saturated heterocycles. The second-order valence-corrected chi connectivity index (χ2v) is 12.0. The number of para-hydroxylation sites is 1. The third-order valence-electron chi connectivity index (χ3n) is 7.58. The molecule has 0 bridgehead atoms. The number of nitrogens with zero attached hydrogens (tertiary/aromatic N) is 7. The fourth-order valence-corrected chi connectivity index (χ4v) is 6.98. The van der Waals surface area contributed by atoms with Crippen LogP contribution in [0.4, 0.5) is 11.5 Å². The lowest BCUT2D eigenvalue weighted by atomic mass is 9.97. The Morgan fingerprint density at radius 1 is 1.20 bits per heavy atom. The van der Waals surface area contributed by atoms with E-state index in [1.807, 2.05) is 35.2 Å². The van der Waals surface area contributed by atoms with E-state index in [1.165, 1.54) is 29.8 Å². The molecule has 0 unspecified atom stereocenters. The van der Waals surface area contributed by atoms with Crippen molar-refractivity contribution in [1.29, 1.82) is 5.26 Å². The molecule has 0 aliphatic carbocycles. The van der Waals surface area contributed by atoms with E-state index in [0.29, 0.717) is 29.9 Å². The number of likely N-dealkylation sites (N-methyl/N-ethyl adjacent to an activating group) is 1. The zero-order valence-electron chi connectivity index (χ0n) is 22.3. The predicted molar refractivity (Wildman–Crippen MR) is 148 cm³/mol. The number of nitriles is 1. The van der Waals surface area contributed by atoms with Crippen molar-refractivity contribution < 1.29 is 23.2 Å². The Morgan fingerprint density at radius 2 is 1.85 bits per heavy atom. The van der Waals surface area contributed by atoms with Gasteiger partial charge in [-0.3, -0.25) is 10.1 Å². The fourth-order valence-electron chi connectivity index (χ4n) is 5.30. The van der Waals surface area contributed by atoms with Crippen LogP contribution in [0, 0.1) is 28.4 Å². The van der Waals surface area contributed by atoms with E-state index in [-0.39, 0.29) is 17.8 Å². The molecule has 1 N–H and O–H groups in total. The summed E-state index contributed by atoms with van der Waals surface area (Å²) in [4.78, 5) is 28.3. The third-order valence-corrected chi connectivity index (χ3v) is 9.65. The topological polar surface area (TPSA) is 175 Å². The number of carbonyl (C=O) groups is 1. The third kappa shape index (κ3) is 4.45. The summed E-state index contributed by atoms with van der Waals surface area (Å²) in [5, 5.41) is 35.4. The van der Waals surface area contributed by atoms with Crippen molar-refractivity contribution in [2.45, 2.75) is 30.7 Å². The van der Waals surface area contributed by atoms with Crippen molar-refractivity contribution in [1.82, 2.24) is 18.9 Å². The highest BCUT2D eigenvalue weighted by atomic mass is 32.2. The number of carboxylic acids is 1. The van der Waals surface area contributed by atoms with Crippen LogP contribution in [0.25, 0.3) is 16.8 Å². The molecule has 5 rings (SSSR count). The Balaban J connectivity index is 1.67. The highest BCUT2D eigenvalue weighted by molar-refractivity contribution is 7.89. The van der Waals surface area contributed by atoms with E-state index in [4.69, 9.17) is 0 Å². The molecular weight excluding hydrogens is 550 g/mol. The molecule has 0 amide bonds. The lowest BCUT2D eigenvalue weighted by Crippen LogP contribution is -2.49. The van der Waals surface area contributed by atoms with Gasteiger partial charge < -0.3 is 10.0 Å². The highest BCUT2D eigenvalue weighted by Crippen LogP contribution is 2.42. The van der Waals surface area contributed by atoms with E-state index in [2.05, 4.69) is 16.2 Å². The quantitative estimate of drug-likeness (QED) is 0.254. The number of carboxylic acid groups (broad SMARTS) is 1. The Hall–Kier alpha value is -4.87. The number of sulfonamides is 1. The maximum atomic E-state index is 13.7. The van der Waals surface area contributed by atoms with Gasteiger partial charge in [-0.1, -0.05) is 42.5 Å². The molecule has 0 saturated carbocycles. The number of nitro groups is 1. The van der Waals surface area contributed by atoms with Crippen LogP contribution >= 0.6 is 0 Å². The van der Waals surface area contributed by atoms with Gasteiger partial charge in [-0.15, -0.1) is 5.10 Å². The van der Waals surface area contributed by atoms with E-state index < -0.39 is 42.9 Å². The van der Waals surface area contributed by atoms with Crippen molar-refractivity contribution in [3.05, 3.63) is 81.7 Å². The van der Waals surface area contributed by atoms with Crippen molar-refractivity contribution in [3.8, 4) is 17.2 Å². The summed E-state index contributed by atoms with van der Waals surface area (Å²) in [5.74, 6) is -1.38. The first-order valence-corrected chi connectivity index (χ1v) is 13.9. The molecule has 2 aromatic heterocycles. The molecule has 1 aliphatic rings.